The molecule has 0 bridgehead atoms. The number of urea groups is 1. The first-order chi connectivity index (χ1) is 19.2. The average Bonchev–Trinajstić information content (AvgIpc) is 3.62. The van der Waals surface area contributed by atoms with Gasteiger partial charge in [0.15, 0.2) is 11.5 Å². The van der Waals surface area contributed by atoms with Crippen molar-refractivity contribution in [2.75, 3.05) is 31.6 Å². The zero-order valence-corrected chi connectivity index (χ0v) is 21.7. The van der Waals surface area contributed by atoms with Crippen LogP contribution in [0.15, 0.2) is 47.2 Å². The van der Waals surface area contributed by atoms with Gasteiger partial charge < -0.3 is 29.5 Å². The van der Waals surface area contributed by atoms with Crippen molar-refractivity contribution in [1.82, 2.24) is 25.3 Å². The minimum Gasteiger partial charge on any atom is -0.486 e. The zero-order valence-electron chi connectivity index (χ0n) is 21.7. The number of hydrogen-bond donors (Lipinski definition) is 2. The Balaban J connectivity index is 1.25. The van der Waals surface area contributed by atoms with Gasteiger partial charge in [0.1, 0.15) is 13.2 Å². The van der Waals surface area contributed by atoms with Gasteiger partial charge in [-0.1, -0.05) is 18.0 Å². The van der Waals surface area contributed by atoms with Gasteiger partial charge in [0, 0.05) is 54.8 Å². The lowest BCUT2D eigenvalue weighted by Gasteiger charge is -2.32. The summed E-state index contributed by atoms with van der Waals surface area (Å²) in [5.41, 5.74) is 1.38. The highest BCUT2D eigenvalue weighted by Crippen LogP contribution is 2.42. The van der Waals surface area contributed by atoms with Crippen molar-refractivity contribution < 1.29 is 23.6 Å². The number of fused-ring (bicyclic) bond motifs is 2. The van der Waals surface area contributed by atoms with E-state index in [-0.39, 0.29) is 29.8 Å². The number of nitrogens with zero attached hydrogens (tertiary/aromatic N) is 4. The lowest BCUT2D eigenvalue weighted by Crippen LogP contribution is -2.48. The van der Waals surface area contributed by atoms with Crippen LogP contribution in [-0.2, 0) is 4.79 Å². The first-order valence-corrected chi connectivity index (χ1v) is 13.6. The van der Waals surface area contributed by atoms with Crippen LogP contribution < -0.4 is 20.1 Å². The third kappa shape index (κ3) is 5.52. The molecule has 3 atom stereocenters. The fourth-order valence-corrected chi connectivity index (χ4v) is 5.69. The zero-order chi connectivity index (χ0) is 26.6. The minimum atomic E-state index is -0.382. The summed E-state index contributed by atoms with van der Waals surface area (Å²) in [6.07, 6.45) is 8.24. The maximum atomic E-state index is 13.7. The smallest absolute Gasteiger partial charge is 0.322 e. The summed E-state index contributed by atoms with van der Waals surface area (Å²) in [6, 6.07) is 8.53. The van der Waals surface area contributed by atoms with Crippen molar-refractivity contribution in [2.24, 2.45) is 5.92 Å². The van der Waals surface area contributed by atoms with E-state index in [0.717, 1.165) is 31.2 Å². The highest BCUT2D eigenvalue weighted by atomic mass is 16.6. The van der Waals surface area contributed by atoms with E-state index in [0.29, 0.717) is 68.0 Å². The van der Waals surface area contributed by atoms with E-state index in [4.69, 9.17) is 14.0 Å². The number of ether oxygens (including phenoxy) is 2. The van der Waals surface area contributed by atoms with Crippen LogP contribution in [0.2, 0.25) is 0 Å². The highest BCUT2D eigenvalue weighted by Gasteiger charge is 2.45. The van der Waals surface area contributed by atoms with Crippen molar-refractivity contribution in [1.29, 1.82) is 0 Å². The average molecular weight is 533 g/mol. The normalized spacial score (nSPS) is 23.3. The molecule has 0 radical (unpaired) electrons. The number of carbonyl (C=O) groups is 2. The Labute approximate surface area is 226 Å². The van der Waals surface area contributed by atoms with Gasteiger partial charge in [-0.25, -0.2) is 4.79 Å². The Morgan fingerprint density at radius 1 is 1.05 bits per heavy atom. The van der Waals surface area contributed by atoms with Crippen molar-refractivity contribution in [2.45, 2.75) is 50.5 Å². The van der Waals surface area contributed by atoms with E-state index in [1.165, 1.54) is 0 Å². The van der Waals surface area contributed by atoms with E-state index in [9.17, 15) is 9.59 Å². The fourth-order valence-electron chi connectivity index (χ4n) is 5.69. The minimum absolute atomic E-state index is 0.0338. The molecule has 2 aromatic heterocycles. The van der Waals surface area contributed by atoms with Crippen LogP contribution in [0.5, 0.6) is 11.5 Å². The molecular weight excluding hydrogens is 500 g/mol. The molecule has 1 saturated heterocycles. The van der Waals surface area contributed by atoms with Crippen molar-refractivity contribution in [3.63, 3.8) is 0 Å². The maximum absolute atomic E-state index is 13.7. The Kier molecular flexibility index (Phi) is 7.29. The molecule has 11 nitrogen and oxygen atoms in total. The summed E-state index contributed by atoms with van der Waals surface area (Å²) in [6.45, 7) is 2.17. The summed E-state index contributed by atoms with van der Waals surface area (Å²) < 4.78 is 16.9. The fraction of sp³-hybridized carbons (Fsp3) is 0.464. The van der Waals surface area contributed by atoms with E-state index >= 15 is 0 Å². The van der Waals surface area contributed by atoms with Crippen molar-refractivity contribution >= 4 is 17.6 Å². The molecule has 1 saturated carbocycles. The van der Waals surface area contributed by atoms with Gasteiger partial charge in [0.25, 0.3) is 0 Å². The monoisotopic (exact) mass is 532 g/mol. The molecule has 2 N–H and O–H groups in total. The number of aromatic nitrogens is 3. The molecule has 39 heavy (non-hydrogen) atoms. The van der Waals surface area contributed by atoms with Gasteiger partial charge in [-0.2, -0.15) is 4.98 Å². The van der Waals surface area contributed by atoms with Crippen LogP contribution in [0.25, 0.3) is 11.4 Å². The molecule has 2 aliphatic heterocycles. The first kappa shape index (κ1) is 25.1. The second-order valence-electron chi connectivity index (χ2n) is 10.2. The molecule has 11 heteroatoms. The predicted molar refractivity (Wildman–Crippen MR) is 141 cm³/mol. The molecular formula is C28H32N6O5. The van der Waals surface area contributed by atoms with E-state index in [2.05, 4.69) is 25.8 Å². The molecule has 3 unspecified atom stereocenters. The molecule has 2 fully saturated rings. The van der Waals surface area contributed by atoms with Crippen LogP contribution in [0, 0.1) is 5.92 Å². The van der Waals surface area contributed by atoms with E-state index in [1.54, 1.807) is 30.6 Å². The molecule has 1 aromatic carbocycles. The maximum Gasteiger partial charge on any atom is 0.322 e. The summed E-state index contributed by atoms with van der Waals surface area (Å²) in [7, 11) is 0. The quantitative estimate of drug-likeness (QED) is 0.518. The molecule has 4 heterocycles. The number of anilines is 1. The summed E-state index contributed by atoms with van der Waals surface area (Å²) in [5.74, 6) is 1.65. The van der Waals surface area contributed by atoms with Gasteiger partial charge in [0.05, 0.1) is 5.92 Å². The van der Waals surface area contributed by atoms with Gasteiger partial charge >= 0.3 is 6.03 Å². The molecule has 3 amide bonds. The van der Waals surface area contributed by atoms with E-state index < -0.39 is 0 Å². The predicted octanol–water partition coefficient (Wildman–Crippen LogP) is 3.99. The number of pyridine rings is 1. The molecule has 6 rings (SSSR count). The van der Waals surface area contributed by atoms with Crippen molar-refractivity contribution in [3.8, 4) is 22.9 Å². The van der Waals surface area contributed by atoms with Crippen LogP contribution in [0.3, 0.4) is 0 Å². The lowest BCUT2D eigenvalue weighted by atomic mass is 10.0. The number of amides is 3. The third-order valence-electron chi connectivity index (χ3n) is 7.66. The summed E-state index contributed by atoms with van der Waals surface area (Å²) in [4.78, 5) is 37.6. The molecule has 1 aliphatic carbocycles. The SMILES string of the molecule is O=C1NCCCCCCN(C(=O)Nc2ccc3c(c2)OCCO3)C2CC(c3nc(-c4cccnc4)no3)CC12. The van der Waals surface area contributed by atoms with E-state index in [1.807, 2.05) is 17.0 Å². The van der Waals surface area contributed by atoms with Crippen LogP contribution in [0.1, 0.15) is 50.3 Å². The number of nitrogens with one attached hydrogen (secondary N) is 2. The van der Waals surface area contributed by atoms with Crippen LogP contribution >= 0.6 is 0 Å². The molecule has 204 valence electrons. The lowest BCUT2D eigenvalue weighted by molar-refractivity contribution is -0.126. The van der Waals surface area contributed by atoms with Gasteiger partial charge in [-0.05, 0) is 49.9 Å². The van der Waals surface area contributed by atoms with Crippen LogP contribution in [-0.4, -0.2) is 64.3 Å². The molecule has 0 spiro atoms. The Bertz CT molecular complexity index is 1310. The second kappa shape index (κ2) is 11.3. The Morgan fingerprint density at radius 2 is 1.92 bits per heavy atom. The molecule has 3 aromatic rings. The number of rotatable bonds is 3. The third-order valence-corrected chi connectivity index (χ3v) is 7.66. The molecule has 3 aliphatic rings. The van der Waals surface area contributed by atoms with Gasteiger partial charge in [-0.3, -0.25) is 9.78 Å². The largest absolute Gasteiger partial charge is 0.486 e. The standard InChI is InChI=1S/C28H32N6O5/c35-26-21-14-19(27-32-25(33-39-27)18-6-5-9-29-17-18)15-22(21)34(11-4-2-1-3-10-30-26)28(36)31-20-7-8-23-24(16-20)38-13-12-37-23/h5-9,16-17,19,21-22H,1-4,10-15H2,(H,30,35)(H,31,36). The topological polar surface area (TPSA) is 132 Å². The second-order valence-corrected chi connectivity index (χ2v) is 10.2. The van der Waals surface area contributed by atoms with Gasteiger partial charge in [0.2, 0.25) is 17.6 Å². The summed E-state index contributed by atoms with van der Waals surface area (Å²) in [5, 5.41) is 10.3. The Hall–Kier alpha value is -4.15. The number of carbonyl (C=O) groups excluding carboxylic acids is 2. The number of benzene rings is 1. The van der Waals surface area contributed by atoms with Gasteiger partial charge in [-0.15, -0.1) is 0 Å². The summed E-state index contributed by atoms with van der Waals surface area (Å²) >= 11 is 0. The van der Waals surface area contributed by atoms with Crippen LogP contribution in [0.4, 0.5) is 10.5 Å². The highest BCUT2D eigenvalue weighted by molar-refractivity contribution is 5.91. The number of hydrogen-bond acceptors (Lipinski definition) is 8. The first-order valence-electron chi connectivity index (χ1n) is 13.6. The Morgan fingerprint density at radius 3 is 2.79 bits per heavy atom. The van der Waals surface area contributed by atoms with Crippen molar-refractivity contribution in [3.05, 3.63) is 48.6 Å².